The van der Waals surface area contributed by atoms with Gasteiger partial charge in [-0.25, -0.2) is 0 Å². The van der Waals surface area contributed by atoms with Crippen LogP contribution in [-0.4, -0.2) is 16.1 Å². The quantitative estimate of drug-likeness (QED) is 0.444. The Hall–Kier alpha value is -2.68. The van der Waals surface area contributed by atoms with Crippen molar-refractivity contribution in [3.05, 3.63) is 57.6 Å². The Morgan fingerprint density at radius 2 is 1.91 bits per heavy atom. The number of amides is 1. The summed E-state index contributed by atoms with van der Waals surface area (Å²) in [5.74, 6) is -1.32. The van der Waals surface area contributed by atoms with Gasteiger partial charge in [-0.1, -0.05) is 35.3 Å². The molecule has 5 nitrogen and oxygen atoms in total. The van der Waals surface area contributed by atoms with Gasteiger partial charge in [-0.15, -0.1) is 0 Å². The molecule has 2 aromatic rings. The molecule has 0 aliphatic heterocycles. The second kappa shape index (κ2) is 7.05. The third-order valence-electron chi connectivity index (χ3n) is 2.88. The zero-order valence-electron chi connectivity index (χ0n) is 11.5. The highest BCUT2D eigenvalue weighted by molar-refractivity contribution is 6.44. The van der Waals surface area contributed by atoms with Crippen LogP contribution in [0.3, 0.4) is 0 Å². The van der Waals surface area contributed by atoms with Gasteiger partial charge >= 0.3 is 0 Å². The van der Waals surface area contributed by atoms with Crippen LogP contribution in [0, 0.1) is 11.3 Å². The maximum absolute atomic E-state index is 12.1. The number of aromatic hydroxyl groups is 2. The van der Waals surface area contributed by atoms with E-state index in [1.54, 1.807) is 24.3 Å². The van der Waals surface area contributed by atoms with E-state index in [9.17, 15) is 15.0 Å². The highest BCUT2D eigenvalue weighted by atomic mass is 35.5. The molecule has 23 heavy (non-hydrogen) atoms. The molecule has 2 rings (SSSR count). The van der Waals surface area contributed by atoms with Crippen LogP contribution >= 0.6 is 23.2 Å². The van der Waals surface area contributed by atoms with Crippen molar-refractivity contribution in [2.75, 3.05) is 5.32 Å². The van der Waals surface area contributed by atoms with Crippen molar-refractivity contribution in [3.8, 4) is 17.6 Å². The zero-order valence-corrected chi connectivity index (χ0v) is 13.1. The molecule has 0 unspecified atom stereocenters. The molecule has 0 atom stereocenters. The van der Waals surface area contributed by atoms with Crippen molar-refractivity contribution < 1.29 is 15.0 Å². The number of phenolic OH excluding ortho intramolecular Hbond substituents is 2. The number of halogens is 2. The number of rotatable bonds is 3. The predicted molar refractivity (Wildman–Crippen MR) is 88.5 cm³/mol. The number of nitrogens with one attached hydrogen (secondary N) is 1. The van der Waals surface area contributed by atoms with Gasteiger partial charge in [-0.3, -0.25) is 4.79 Å². The number of phenols is 2. The normalized spacial score (nSPS) is 10.9. The van der Waals surface area contributed by atoms with E-state index in [1.807, 2.05) is 0 Å². The molecule has 0 fully saturated rings. The Kier molecular flexibility index (Phi) is 5.12. The maximum Gasteiger partial charge on any atom is 0.266 e. The topological polar surface area (TPSA) is 93.3 Å². The first kappa shape index (κ1) is 16.7. The van der Waals surface area contributed by atoms with Gasteiger partial charge in [0, 0.05) is 0 Å². The molecule has 116 valence electrons. The summed E-state index contributed by atoms with van der Waals surface area (Å²) in [7, 11) is 0. The summed E-state index contributed by atoms with van der Waals surface area (Å²) in [4.78, 5) is 12.1. The average Bonchev–Trinajstić information content (AvgIpc) is 2.52. The van der Waals surface area contributed by atoms with E-state index in [0.717, 1.165) is 0 Å². The number of nitrogens with zero attached hydrogens (tertiary/aromatic N) is 1. The van der Waals surface area contributed by atoms with Crippen molar-refractivity contribution in [1.82, 2.24) is 0 Å². The first-order chi connectivity index (χ1) is 10.9. The van der Waals surface area contributed by atoms with Gasteiger partial charge in [0.15, 0.2) is 11.5 Å². The first-order valence-corrected chi connectivity index (χ1v) is 7.07. The minimum Gasteiger partial charge on any atom is -0.504 e. The monoisotopic (exact) mass is 348 g/mol. The molecule has 7 heteroatoms. The molecule has 0 saturated carbocycles. The highest BCUT2D eigenvalue weighted by Crippen LogP contribution is 2.30. The van der Waals surface area contributed by atoms with Gasteiger partial charge in [0.05, 0.1) is 15.7 Å². The van der Waals surface area contributed by atoms with Gasteiger partial charge < -0.3 is 15.5 Å². The van der Waals surface area contributed by atoms with E-state index in [1.165, 1.54) is 24.3 Å². The number of carbonyl (C=O) groups is 1. The van der Waals surface area contributed by atoms with Crippen LogP contribution < -0.4 is 5.32 Å². The van der Waals surface area contributed by atoms with Gasteiger partial charge in [0.25, 0.3) is 5.91 Å². The first-order valence-electron chi connectivity index (χ1n) is 6.31. The molecular weight excluding hydrogens is 339 g/mol. The highest BCUT2D eigenvalue weighted by Gasteiger charge is 2.13. The predicted octanol–water partition coefficient (Wildman–Crippen LogP) is 3.95. The Labute approximate surface area is 142 Å². The summed E-state index contributed by atoms with van der Waals surface area (Å²) in [5.41, 5.74) is 0.453. The lowest BCUT2D eigenvalue weighted by molar-refractivity contribution is -0.112. The van der Waals surface area contributed by atoms with Crippen LogP contribution in [0.25, 0.3) is 6.08 Å². The molecular formula is C16H10Cl2N2O3. The summed E-state index contributed by atoms with van der Waals surface area (Å²) in [6.45, 7) is 0. The Balaban J connectivity index is 2.28. The van der Waals surface area contributed by atoms with Crippen LogP contribution in [0.15, 0.2) is 42.0 Å². The minimum absolute atomic E-state index is 0.169. The van der Waals surface area contributed by atoms with Crippen molar-refractivity contribution in [3.63, 3.8) is 0 Å². The van der Waals surface area contributed by atoms with E-state index in [4.69, 9.17) is 28.5 Å². The molecule has 1 amide bonds. The SMILES string of the molecule is N#C/C(=C\c1ccc(O)c(O)c1)C(=O)Nc1cccc(Cl)c1Cl. The van der Waals surface area contributed by atoms with Crippen molar-refractivity contribution in [1.29, 1.82) is 5.26 Å². The second-order valence-electron chi connectivity index (χ2n) is 4.47. The van der Waals surface area contributed by atoms with E-state index in [-0.39, 0.29) is 32.8 Å². The third kappa shape index (κ3) is 3.95. The number of benzene rings is 2. The minimum atomic E-state index is -0.677. The number of anilines is 1. The second-order valence-corrected chi connectivity index (χ2v) is 5.26. The third-order valence-corrected chi connectivity index (χ3v) is 3.69. The Morgan fingerprint density at radius 1 is 1.17 bits per heavy atom. The largest absolute Gasteiger partial charge is 0.504 e. The molecule has 0 aliphatic rings. The summed E-state index contributed by atoms with van der Waals surface area (Å²) in [5, 5.41) is 30.8. The van der Waals surface area contributed by atoms with E-state index in [0.29, 0.717) is 5.56 Å². The van der Waals surface area contributed by atoms with Crippen molar-refractivity contribution in [2.24, 2.45) is 0 Å². The van der Waals surface area contributed by atoms with Gasteiger partial charge in [0.1, 0.15) is 11.6 Å². The molecule has 0 saturated heterocycles. The smallest absolute Gasteiger partial charge is 0.266 e. The zero-order chi connectivity index (χ0) is 17.0. The van der Waals surface area contributed by atoms with Gasteiger partial charge in [-0.05, 0) is 35.9 Å². The number of carbonyl (C=O) groups excluding carboxylic acids is 1. The van der Waals surface area contributed by atoms with E-state index >= 15 is 0 Å². The molecule has 0 bridgehead atoms. The summed E-state index contributed by atoms with van der Waals surface area (Å²) in [6.07, 6.45) is 1.27. The molecule has 2 aromatic carbocycles. The number of hydrogen-bond donors (Lipinski definition) is 3. The van der Waals surface area contributed by atoms with Crippen LogP contribution in [0.2, 0.25) is 10.0 Å². The van der Waals surface area contributed by atoms with Gasteiger partial charge in [-0.2, -0.15) is 5.26 Å². The lowest BCUT2D eigenvalue weighted by Gasteiger charge is -2.07. The fraction of sp³-hybridized carbons (Fsp3) is 0. The maximum atomic E-state index is 12.1. The fourth-order valence-corrected chi connectivity index (χ4v) is 2.08. The Morgan fingerprint density at radius 3 is 2.57 bits per heavy atom. The summed E-state index contributed by atoms with van der Waals surface area (Å²) >= 11 is 11.8. The van der Waals surface area contributed by atoms with Crippen molar-refractivity contribution >= 4 is 40.9 Å². The van der Waals surface area contributed by atoms with Gasteiger partial charge in [0.2, 0.25) is 0 Å². The molecule has 0 heterocycles. The Bertz CT molecular complexity index is 842. The number of hydrogen-bond acceptors (Lipinski definition) is 4. The molecule has 0 radical (unpaired) electrons. The lowest BCUT2D eigenvalue weighted by atomic mass is 10.1. The molecule has 0 spiro atoms. The molecule has 0 aromatic heterocycles. The summed E-state index contributed by atoms with van der Waals surface area (Å²) in [6, 6.07) is 10.4. The fourth-order valence-electron chi connectivity index (χ4n) is 1.74. The standard InChI is InChI=1S/C16H10Cl2N2O3/c17-11-2-1-3-12(15(11)18)20-16(23)10(8-19)6-9-4-5-13(21)14(22)7-9/h1-7,21-22H,(H,20,23)/b10-6+. The van der Waals surface area contributed by atoms with Crippen LogP contribution in [-0.2, 0) is 4.79 Å². The van der Waals surface area contributed by atoms with Crippen molar-refractivity contribution in [2.45, 2.75) is 0 Å². The van der Waals surface area contributed by atoms with Crippen LogP contribution in [0.1, 0.15) is 5.56 Å². The summed E-state index contributed by atoms with van der Waals surface area (Å²) < 4.78 is 0. The van der Waals surface area contributed by atoms with Crippen LogP contribution in [0.5, 0.6) is 11.5 Å². The van der Waals surface area contributed by atoms with E-state index < -0.39 is 5.91 Å². The average molecular weight is 349 g/mol. The number of nitriles is 1. The molecule has 3 N–H and O–H groups in total. The van der Waals surface area contributed by atoms with Crippen LogP contribution in [0.4, 0.5) is 5.69 Å². The lowest BCUT2D eigenvalue weighted by Crippen LogP contribution is -2.13. The molecule has 0 aliphatic carbocycles. The van der Waals surface area contributed by atoms with E-state index in [2.05, 4.69) is 5.32 Å².